The first-order chi connectivity index (χ1) is 8.65. The molecule has 0 spiro atoms. The molecule has 5 heteroatoms. The van der Waals surface area contributed by atoms with Gasteiger partial charge in [0.05, 0.1) is 18.4 Å². The van der Waals surface area contributed by atoms with E-state index < -0.39 is 0 Å². The van der Waals surface area contributed by atoms with Crippen LogP contribution in [-0.2, 0) is 0 Å². The number of ketones is 1. The summed E-state index contributed by atoms with van der Waals surface area (Å²) >= 11 is 3.20. The molecule has 0 aliphatic carbocycles. The molecule has 0 unspecified atom stereocenters. The number of nitrogen functional groups attached to an aromatic ring is 1. The smallest absolute Gasteiger partial charge is 0.198 e. The molecule has 0 saturated heterocycles. The minimum atomic E-state index is -0.187. The first kappa shape index (κ1) is 12.6. The molecule has 1 aromatic heterocycles. The van der Waals surface area contributed by atoms with E-state index in [1.807, 2.05) is 0 Å². The molecule has 4 nitrogen and oxygen atoms in total. The lowest BCUT2D eigenvalue weighted by Gasteiger charge is -2.09. The lowest BCUT2D eigenvalue weighted by Crippen LogP contribution is -2.08. The van der Waals surface area contributed by atoms with Crippen LogP contribution in [0.3, 0.4) is 0 Å². The fourth-order valence-electron chi connectivity index (χ4n) is 1.62. The van der Waals surface area contributed by atoms with Gasteiger partial charge in [0, 0.05) is 11.8 Å². The highest BCUT2D eigenvalue weighted by molar-refractivity contribution is 9.10. The number of carbonyl (C=O) groups excluding carboxylic acids is 1. The Morgan fingerprint density at radius 2 is 2.00 bits per heavy atom. The molecule has 2 aromatic rings. The summed E-state index contributed by atoms with van der Waals surface area (Å²) in [5.74, 6) is 0.336. The number of aromatic nitrogens is 1. The monoisotopic (exact) mass is 306 g/mol. The minimum absolute atomic E-state index is 0.187. The second-order valence-electron chi connectivity index (χ2n) is 3.59. The van der Waals surface area contributed by atoms with Crippen molar-refractivity contribution in [2.45, 2.75) is 0 Å². The van der Waals surface area contributed by atoms with E-state index in [0.29, 0.717) is 27.2 Å². The number of rotatable bonds is 3. The van der Waals surface area contributed by atoms with Gasteiger partial charge in [-0.1, -0.05) is 12.1 Å². The minimum Gasteiger partial charge on any atom is -0.496 e. The van der Waals surface area contributed by atoms with Crippen molar-refractivity contribution in [1.29, 1.82) is 0 Å². The first-order valence-corrected chi connectivity index (χ1v) is 6.02. The Bertz CT molecular complexity index is 599. The molecule has 0 radical (unpaired) electrons. The molecule has 18 heavy (non-hydrogen) atoms. The Balaban J connectivity index is 2.52. The van der Waals surface area contributed by atoms with Gasteiger partial charge in [0.2, 0.25) is 0 Å². The van der Waals surface area contributed by atoms with Crippen molar-refractivity contribution < 1.29 is 9.53 Å². The predicted molar refractivity (Wildman–Crippen MR) is 72.8 cm³/mol. The van der Waals surface area contributed by atoms with Crippen molar-refractivity contribution in [3.63, 3.8) is 0 Å². The van der Waals surface area contributed by atoms with Crippen LogP contribution >= 0.6 is 15.9 Å². The summed E-state index contributed by atoms with van der Waals surface area (Å²) in [6.45, 7) is 0. The van der Waals surface area contributed by atoms with E-state index in [0.717, 1.165) is 0 Å². The Labute approximate surface area is 113 Å². The van der Waals surface area contributed by atoms with Crippen molar-refractivity contribution in [3.8, 4) is 5.75 Å². The summed E-state index contributed by atoms with van der Waals surface area (Å²) in [4.78, 5) is 16.4. The molecular weight excluding hydrogens is 296 g/mol. The number of para-hydroxylation sites is 1. The van der Waals surface area contributed by atoms with Crippen LogP contribution in [0.2, 0.25) is 0 Å². The molecule has 0 aliphatic rings. The largest absolute Gasteiger partial charge is 0.496 e. The maximum absolute atomic E-state index is 12.4. The van der Waals surface area contributed by atoms with Gasteiger partial charge < -0.3 is 10.5 Å². The van der Waals surface area contributed by atoms with E-state index in [1.165, 1.54) is 13.3 Å². The fraction of sp³-hybridized carbons (Fsp3) is 0.0769. The third-order valence-electron chi connectivity index (χ3n) is 2.54. The number of benzene rings is 1. The summed E-state index contributed by atoms with van der Waals surface area (Å²) in [5.41, 5.74) is 7.05. The number of anilines is 1. The van der Waals surface area contributed by atoms with Crippen LogP contribution in [0.25, 0.3) is 0 Å². The topological polar surface area (TPSA) is 65.2 Å². The first-order valence-electron chi connectivity index (χ1n) is 5.23. The SMILES string of the molecule is COc1ccccc1C(=O)c1ccnc(Br)c1N. The number of pyridine rings is 1. The number of nitrogens with zero attached hydrogens (tertiary/aromatic N) is 1. The maximum atomic E-state index is 12.4. The van der Waals surface area contributed by atoms with E-state index >= 15 is 0 Å². The second-order valence-corrected chi connectivity index (χ2v) is 4.34. The second kappa shape index (κ2) is 5.18. The molecule has 2 rings (SSSR count). The van der Waals surface area contributed by atoms with Gasteiger partial charge in [0.25, 0.3) is 0 Å². The van der Waals surface area contributed by atoms with Crippen molar-refractivity contribution in [3.05, 3.63) is 52.3 Å². The van der Waals surface area contributed by atoms with Crippen LogP contribution in [0.5, 0.6) is 5.75 Å². The molecule has 1 heterocycles. The fourth-order valence-corrected chi connectivity index (χ4v) is 1.95. The summed E-state index contributed by atoms with van der Waals surface area (Å²) in [6, 6.07) is 8.62. The van der Waals surface area contributed by atoms with Crippen LogP contribution in [0.15, 0.2) is 41.1 Å². The Morgan fingerprint density at radius 1 is 1.28 bits per heavy atom. The van der Waals surface area contributed by atoms with Crippen LogP contribution in [-0.4, -0.2) is 17.9 Å². The van der Waals surface area contributed by atoms with Gasteiger partial charge in [-0.15, -0.1) is 0 Å². The zero-order chi connectivity index (χ0) is 13.1. The van der Waals surface area contributed by atoms with Gasteiger partial charge in [-0.25, -0.2) is 4.98 Å². The molecular formula is C13H11BrN2O2. The zero-order valence-corrected chi connectivity index (χ0v) is 11.3. The molecule has 0 saturated carbocycles. The maximum Gasteiger partial charge on any atom is 0.198 e. The van der Waals surface area contributed by atoms with Gasteiger partial charge in [-0.05, 0) is 34.1 Å². The third kappa shape index (κ3) is 2.22. The number of hydrogen-bond donors (Lipinski definition) is 1. The number of methoxy groups -OCH3 is 1. The molecule has 0 amide bonds. The Kier molecular flexibility index (Phi) is 3.62. The zero-order valence-electron chi connectivity index (χ0n) is 9.68. The van der Waals surface area contributed by atoms with Crippen LogP contribution < -0.4 is 10.5 Å². The average Bonchev–Trinajstić information content (AvgIpc) is 2.41. The number of carbonyl (C=O) groups is 1. The van der Waals surface area contributed by atoms with Gasteiger partial charge in [0.15, 0.2) is 5.78 Å². The number of ether oxygens (including phenoxy) is 1. The molecule has 0 bridgehead atoms. The van der Waals surface area contributed by atoms with Gasteiger partial charge in [-0.3, -0.25) is 4.79 Å². The lowest BCUT2D eigenvalue weighted by atomic mass is 10.0. The number of nitrogens with two attached hydrogens (primary N) is 1. The summed E-state index contributed by atoms with van der Waals surface area (Å²) in [6.07, 6.45) is 1.53. The van der Waals surface area contributed by atoms with Gasteiger partial charge >= 0.3 is 0 Å². The summed E-state index contributed by atoms with van der Waals surface area (Å²) in [7, 11) is 1.53. The van der Waals surface area contributed by atoms with Gasteiger partial charge in [0.1, 0.15) is 10.4 Å². The Hall–Kier alpha value is -1.88. The molecule has 0 atom stereocenters. The summed E-state index contributed by atoms with van der Waals surface area (Å²) in [5, 5.41) is 0. The molecule has 0 fully saturated rings. The van der Waals surface area contributed by atoms with Crippen molar-refractivity contribution in [2.75, 3.05) is 12.8 Å². The van der Waals surface area contributed by atoms with E-state index in [4.69, 9.17) is 10.5 Å². The standard InChI is InChI=1S/C13H11BrN2O2/c1-18-10-5-3-2-4-8(10)12(17)9-6-7-16-13(14)11(9)15/h2-7H,15H2,1H3. The normalized spacial score (nSPS) is 10.1. The average molecular weight is 307 g/mol. The van der Waals surface area contributed by atoms with E-state index in [1.54, 1.807) is 30.3 Å². The van der Waals surface area contributed by atoms with Crippen molar-refractivity contribution >= 4 is 27.4 Å². The van der Waals surface area contributed by atoms with Crippen LogP contribution in [0.1, 0.15) is 15.9 Å². The van der Waals surface area contributed by atoms with Crippen molar-refractivity contribution in [1.82, 2.24) is 4.98 Å². The highest BCUT2D eigenvalue weighted by atomic mass is 79.9. The third-order valence-corrected chi connectivity index (χ3v) is 3.17. The van der Waals surface area contributed by atoms with Crippen LogP contribution in [0, 0.1) is 0 Å². The highest BCUT2D eigenvalue weighted by Gasteiger charge is 2.17. The highest BCUT2D eigenvalue weighted by Crippen LogP contribution is 2.26. The van der Waals surface area contributed by atoms with E-state index in [2.05, 4.69) is 20.9 Å². The quantitative estimate of drug-likeness (QED) is 0.699. The van der Waals surface area contributed by atoms with Gasteiger partial charge in [-0.2, -0.15) is 0 Å². The summed E-state index contributed by atoms with van der Waals surface area (Å²) < 4.78 is 5.63. The molecule has 1 aromatic carbocycles. The number of halogens is 1. The molecule has 2 N–H and O–H groups in total. The predicted octanol–water partition coefficient (Wildman–Crippen LogP) is 2.67. The lowest BCUT2D eigenvalue weighted by molar-refractivity contribution is 0.103. The Morgan fingerprint density at radius 3 is 2.72 bits per heavy atom. The van der Waals surface area contributed by atoms with E-state index in [9.17, 15) is 4.79 Å². The van der Waals surface area contributed by atoms with Crippen LogP contribution in [0.4, 0.5) is 5.69 Å². The van der Waals surface area contributed by atoms with Crippen molar-refractivity contribution in [2.24, 2.45) is 0 Å². The number of hydrogen-bond acceptors (Lipinski definition) is 4. The van der Waals surface area contributed by atoms with E-state index in [-0.39, 0.29) is 5.78 Å². The molecule has 92 valence electrons. The molecule has 0 aliphatic heterocycles.